The zero-order valence-corrected chi connectivity index (χ0v) is 17.1. The Bertz CT molecular complexity index is 849. The molecule has 0 radical (unpaired) electrons. The molecule has 3 aromatic rings. The van der Waals surface area contributed by atoms with Crippen LogP contribution in [-0.4, -0.2) is 19.3 Å². The molecule has 0 unspecified atom stereocenters. The molecule has 0 aliphatic carbocycles. The lowest BCUT2D eigenvalue weighted by Crippen LogP contribution is -2.11. The summed E-state index contributed by atoms with van der Waals surface area (Å²) in [5.74, 6) is 2.62. The zero-order chi connectivity index (χ0) is 20.3. The maximum Gasteiger partial charge on any atom is 0.124 e. The van der Waals surface area contributed by atoms with Gasteiger partial charge in [-0.25, -0.2) is 0 Å². The maximum atomic E-state index is 5.94. The average molecular weight is 392 g/mol. The Morgan fingerprint density at radius 2 is 1.45 bits per heavy atom. The van der Waals surface area contributed by atoms with Gasteiger partial charge in [0.15, 0.2) is 0 Å². The lowest BCUT2D eigenvalue weighted by molar-refractivity contribution is 0.216. The van der Waals surface area contributed by atoms with Crippen LogP contribution < -0.4 is 19.5 Å². The summed E-state index contributed by atoms with van der Waals surface area (Å²) in [5, 5.41) is 3.45. The quantitative estimate of drug-likeness (QED) is 0.411. The van der Waals surface area contributed by atoms with Crippen molar-refractivity contribution in [3.63, 3.8) is 0 Å². The molecule has 0 heterocycles. The third-order valence-corrected chi connectivity index (χ3v) is 4.57. The molecule has 1 atom stereocenters. The first-order chi connectivity index (χ1) is 14.2. The highest BCUT2D eigenvalue weighted by atomic mass is 16.5. The molecular formula is C25H29NO3. The second-order valence-corrected chi connectivity index (χ2v) is 6.83. The first kappa shape index (κ1) is 20.6. The van der Waals surface area contributed by atoms with Gasteiger partial charge in [0.05, 0.1) is 6.10 Å². The van der Waals surface area contributed by atoms with Crippen molar-refractivity contribution >= 4 is 5.69 Å². The second kappa shape index (κ2) is 11.0. The first-order valence-corrected chi connectivity index (χ1v) is 10.1. The summed E-state index contributed by atoms with van der Waals surface area (Å²) in [4.78, 5) is 0. The number of ether oxygens (including phenoxy) is 3. The molecule has 0 fully saturated rings. The van der Waals surface area contributed by atoms with Crippen molar-refractivity contribution in [2.75, 3.05) is 18.5 Å². The third kappa shape index (κ3) is 6.75. The van der Waals surface area contributed by atoms with Crippen molar-refractivity contribution < 1.29 is 14.2 Å². The topological polar surface area (TPSA) is 39.7 Å². The fourth-order valence-electron chi connectivity index (χ4n) is 2.78. The van der Waals surface area contributed by atoms with Gasteiger partial charge < -0.3 is 19.5 Å². The van der Waals surface area contributed by atoms with Gasteiger partial charge in [0, 0.05) is 17.8 Å². The third-order valence-electron chi connectivity index (χ3n) is 4.57. The molecule has 0 saturated heterocycles. The van der Waals surface area contributed by atoms with Gasteiger partial charge in [0.2, 0.25) is 0 Å². The molecule has 3 rings (SSSR count). The van der Waals surface area contributed by atoms with E-state index in [1.54, 1.807) is 0 Å². The molecule has 0 bridgehead atoms. The SMILES string of the molecule is CC[C@H](C)Oc1ccc(NCc2ccccc2OCCOc2ccccc2)cc1. The van der Waals surface area contributed by atoms with Crippen LogP contribution in [0.25, 0.3) is 0 Å². The zero-order valence-electron chi connectivity index (χ0n) is 17.1. The van der Waals surface area contributed by atoms with E-state index in [0.29, 0.717) is 19.8 Å². The van der Waals surface area contributed by atoms with Crippen LogP contribution in [0.2, 0.25) is 0 Å². The largest absolute Gasteiger partial charge is 0.491 e. The van der Waals surface area contributed by atoms with Gasteiger partial charge in [-0.05, 0) is 55.8 Å². The van der Waals surface area contributed by atoms with E-state index in [4.69, 9.17) is 14.2 Å². The summed E-state index contributed by atoms with van der Waals surface area (Å²) in [5.41, 5.74) is 2.15. The molecule has 4 nitrogen and oxygen atoms in total. The van der Waals surface area contributed by atoms with Crippen LogP contribution in [-0.2, 0) is 6.54 Å². The lowest BCUT2D eigenvalue weighted by Gasteiger charge is -2.15. The standard InChI is InChI=1S/C25H29NO3/c1-3-20(2)29-24-15-13-22(14-16-24)26-19-21-9-7-8-12-25(21)28-18-17-27-23-10-5-4-6-11-23/h4-16,20,26H,3,17-19H2,1-2H3/t20-/m0/s1. The molecule has 1 N–H and O–H groups in total. The van der Waals surface area contributed by atoms with Gasteiger partial charge in [-0.15, -0.1) is 0 Å². The maximum absolute atomic E-state index is 5.94. The molecule has 3 aromatic carbocycles. The van der Waals surface area contributed by atoms with Gasteiger partial charge in [-0.1, -0.05) is 43.3 Å². The molecule has 0 saturated carbocycles. The van der Waals surface area contributed by atoms with Crippen LogP contribution in [0.3, 0.4) is 0 Å². The summed E-state index contributed by atoms with van der Waals surface area (Å²) in [6, 6.07) is 25.9. The molecule has 0 aromatic heterocycles. The number of para-hydroxylation sites is 2. The Kier molecular flexibility index (Phi) is 7.81. The molecule has 29 heavy (non-hydrogen) atoms. The molecule has 0 amide bonds. The van der Waals surface area contributed by atoms with E-state index in [0.717, 1.165) is 34.9 Å². The molecular weight excluding hydrogens is 362 g/mol. The van der Waals surface area contributed by atoms with Crippen molar-refractivity contribution in [1.29, 1.82) is 0 Å². The average Bonchev–Trinajstić information content (AvgIpc) is 2.77. The summed E-state index contributed by atoms with van der Waals surface area (Å²) >= 11 is 0. The van der Waals surface area contributed by atoms with Gasteiger partial charge in [0.25, 0.3) is 0 Å². The van der Waals surface area contributed by atoms with Gasteiger partial charge in [0.1, 0.15) is 30.5 Å². The van der Waals surface area contributed by atoms with Crippen LogP contribution >= 0.6 is 0 Å². The monoisotopic (exact) mass is 391 g/mol. The predicted molar refractivity (Wildman–Crippen MR) is 118 cm³/mol. The minimum Gasteiger partial charge on any atom is -0.491 e. The smallest absolute Gasteiger partial charge is 0.124 e. The van der Waals surface area contributed by atoms with Crippen LogP contribution in [0.15, 0.2) is 78.9 Å². The Morgan fingerprint density at radius 3 is 2.21 bits per heavy atom. The molecule has 0 aliphatic rings. The highest BCUT2D eigenvalue weighted by molar-refractivity contribution is 5.48. The summed E-state index contributed by atoms with van der Waals surface area (Å²) < 4.78 is 17.5. The Labute approximate surface area is 173 Å². The molecule has 152 valence electrons. The van der Waals surface area contributed by atoms with E-state index in [1.165, 1.54) is 0 Å². The number of hydrogen-bond donors (Lipinski definition) is 1. The van der Waals surface area contributed by atoms with E-state index in [1.807, 2.05) is 72.8 Å². The first-order valence-electron chi connectivity index (χ1n) is 10.1. The van der Waals surface area contributed by atoms with Crippen molar-refractivity contribution in [1.82, 2.24) is 0 Å². The van der Waals surface area contributed by atoms with Crippen molar-refractivity contribution in [2.24, 2.45) is 0 Å². The number of benzene rings is 3. The summed E-state index contributed by atoms with van der Waals surface area (Å²) in [6.07, 6.45) is 1.22. The van der Waals surface area contributed by atoms with Crippen LogP contribution in [0.4, 0.5) is 5.69 Å². The van der Waals surface area contributed by atoms with E-state index in [-0.39, 0.29) is 6.10 Å². The fraction of sp³-hybridized carbons (Fsp3) is 0.280. The fourth-order valence-corrected chi connectivity index (χ4v) is 2.78. The summed E-state index contributed by atoms with van der Waals surface area (Å²) in [7, 11) is 0. The van der Waals surface area contributed by atoms with Crippen molar-refractivity contribution in [2.45, 2.75) is 32.9 Å². The number of hydrogen-bond acceptors (Lipinski definition) is 4. The molecule has 0 spiro atoms. The normalized spacial score (nSPS) is 11.5. The second-order valence-electron chi connectivity index (χ2n) is 6.83. The number of rotatable bonds is 11. The minimum absolute atomic E-state index is 0.226. The molecule has 0 aliphatic heterocycles. The number of nitrogens with one attached hydrogen (secondary N) is 1. The van der Waals surface area contributed by atoms with Crippen LogP contribution in [0.5, 0.6) is 17.2 Å². The Balaban J connectivity index is 1.48. The minimum atomic E-state index is 0.226. The highest BCUT2D eigenvalue weighted by Gasteiger charge is 2.05. The molecule has 4 heteroatoms. The number of anilines is 1. The van der Waals surface area contributed by atoms with Gasteiger partial charge in [-0.2, -0.15) is 0 Å². The highest BCUT2D eigenvalue weighted by Crippen LogP contribution is 2.22. The van der Waals surface area contributed by atoms with Gasteiger partial charge in [-0.3, -0.25) is 0 Å². The lowest BCUT2D eigenvalue weighted by atomic mass is 10.2. The van der Waals surface area contributed by atoms with Crippen molar-refractivity contribution in [3.05, 3.63) is 84.4 Å². The Morgan fingerprint density at radius 1 is 0.759 bits per heavy atom. The Hall–Kier alpha value is -3.14. The van der Waals surface area contributed by atoms with Crippen LogP contribution in [0, 0.1) is 0 Å². The summed E-state index contributed by atoms with van der Waals surface area (Å²) in [6.45, 7) is 5.88. The van der Waals surface area contributed by atoms with E-state index in [2.05, 4.69) is 25.2 Å². The van der Waals surface area contributed by atoms with E-state index in [9.17, 15) is 0 Å². The predicted octanol–water partition coefficient (Wildman–Crippen LogP) is 5.93. The van der Waals surface area contributed by atoms with Gasteiger partial charge >= 0.3 is 0 Å². The van der Waals surface area contributed by atoms with E-state index < -0.39 is 0 Å². The van der Waals surface area contributed by atoms with Crippen LogP contribution in [0.1, 0.15) is 25.8 Å². The van der Waals surface area contributed by atoms with Crippen molar-refractivity contribution in [3.8, 4) is 17.2 Å². The van der Waals surface area contributed by atoms with E-state index >= 15 is 0 Å².